The minimum Gasteiger partial charge on any atom is -0.358 e. The molecule has 1 saturated heterocycles. The maximum absolute atomic E-state index is 13.0. The molecular weight excluding hydrogens is 393 g/mol. The van der Waals surface area contributed by atoms with Gasteiger partial charge >= 0.3 is 12.0 Å². The molecule has 3 rings (SSSR count). The van der Waals surface area contributed by atoms with Crippen LogP contribution in [0, 0.1) is 10.1 Å². The molecule has 9 nitrogen and oxygen atoms in total. The Kier molecular flexibility index (Phi) is 5.73. The lowest BCUT2D eigenvalue weighted by Crippen LogP contribution is -2.49. The molecule has 1 fully saturated rings. The smallest absolute Gasteiger partial charge is 0.358 e. The zero-order valence-corrected chi connectivity index (χ0v) is 15.5. The highest BCUT2D eigenvalue weighted by Gasteiger charge is 2.34. The molecule has 156 valence electrons. The van der Waals surface area contributed by atoms with Crippen molar-refractivity contribution in [3.05, 3.63) is 46.3 Å². The molecular formula is C17H19F3N6O3. The largest absolute Gasteiger partial charge is 0.418 e. The first-order chi connectivity index (χ1) is 13.7. The Hall–Kier alpha value is -3.15. The monoisotopic (exact) mass is 412 g/mol. The average Bonchev–Trinajstić information content (AvgIpc) is 3.04. The number of nitrogens with zero attached hydrogens (tertiary/aromatic N) is 5. The molecule has 12 heteroatoms. The van der Waals surface area contributed by atoms with Gasteiger partial charge in [-0.3, -0.25) is 14.3 Å². The first-order valence-corrected chi connectivity index (χ1v) is 8.76. The summed E-state index contributed by atoms with van der Waals surface area (Å²) in [7, 11) is 1.66. The standard InChI is InChI=1S/C17H19F3N6O3/c1-23-11-21-15(26(28)29)16(23)25-8-6-24(7-9-25)10-14(27)22-13-5-3-2-4-12(13)17(18,19)20/h2-5,11H,6-10H2,1H3,(H,22,27). The maximum atomic E-state index is 13.0. The van der Waals surface area contributed by atoms with Crippen molar-refractivity contribution in [2.24, 2.45) is 7.05 Å². The average molecular weight is 412 g/mol. The first kappa shape index (κ1) is 20.6. The second-order valence-corrected chi connectivity index (χ2v) is 6.61. The molecule has 0 aliphatic carbocycles. The van der Waals surface area contributed by atoms with Gasteiger partial charge in [0.1, 0.15) is 0 Å². The van der Waals surface area contributed by atoms with E-state index in [1.165, 1.54) is 24.5 Å². The van der Waals surface area contributed by atoms with Crippen LogP contribution in [0.25, 0.3) is 0 Å². The van der Waals surface area contributed by atoms with Crippen molar-refractivity contribution in [1.82, 2.24) is 14.5 Å². The van der Waals surface area contributed by atoms with E-state index >= 15 is 0 Å². The number of nitrogens with one attached hydrogen (secondary N) is 1. The second kappa shape index (κ2) is 8.07. The van der Waals surface area contributed by atoms with Gasteiger partial charge in [0.05, 0.1) is 17.8 Å². The molecule has 1 aliphatic heterocycles. The van der Waals surface area contributed by atoms with Crippen LogP contribution < -0.4 is 10.2 Å². The van der Waals surface area contributed by atoms with E-state index in [9.17, 15) is 28.1 Å². The number of aromatic nitrogens is 2. The molecule has 0 saturated carbocycles. The van der Waals surface area contributed by atoms with Crippen molar-refractivity contribution in [3.8, 4) is 0 Å². The van der Waals surface area contributed by atoms with Crippen molar-refractivity contribution in [2.75, 3.05) is 42.9 Å². The van der Waals surface area contributed by atoms with Gasteiger partial charge in [0.2, 0.25) is 18.1 Å². The fraction of sp³-hybridized carbons (Fsp3) is 0.412. The fourth-order valence-electron chi connectivity index (χ4n) is 3.25. The molecule has 1 aromatic carbocycles. The number of rotatable bonds is 5. The summed E-state index contributed by atoms with van der Waals surface area (Å²) in [6.07, 6.45) is -3.20. The first-order valence-electron chi connectivity index (χ1n) is 8.76. The zero-order chi connectivity index (χ0) is 21.2. The summed E-state index contributed by atoms with van der Waals surface area (Å²) in [6, 6.07) is 4.80. The van der Waals surface area contributed by atoms with E-state index < -0.39 is 22.6 Å². The second-order valence-electron chi connectivity index (χ2n) is 6.61. The highest BCUT2D eigenvalue weighted by molar-refractivity contribution is 5.93. The van der Waals surface area contributed by atoms with Crippen molar-refractivity contribution in [3.63, 3.8) is 0 Å². The van der Waals surface area contributed by atoms with E-state index in [1.807, 2.05) is 0 Å². The Morgan fingerprint density at radius 3 is 2.52 bits per heavy atom. The van der Waals surface area contributed by atoms with E-state index in [2.05, 4.69) is 10.3 Å². The lowest BCUT2D eigenvalue weighted by atomic mass is 10.1. The lowest BCUT2D eigenvalue weighted by Gasteiger charge is -2.34. The molecule has 2 aromatic rings. The van der Waals surface area contributed by atoms with E-state index in [1.54, 1.807) is 21.4 Å². The number of hydrogen-bond acceptors (Lipinski definition) is 6. The van der Waals surface area contributed by atoms with Gasteiger partial charge in [-0.1, -0.05) is 12.1 Å². The highest BCUT2D eigenvalue weighted by atomic mass is 19.4. The fourth-order valence-corrected chi connectivity index (χ4v) is 3.25. The van der Waals surface area contributed by atoms with Gasteiger partial charge in [-0.2, -0.15) is 13.2 Å². The number of amides is 1. The lowest BCUT2D eigenvalue weighted by molar-refractivity contribution is -0.388. The maximum Gasteiger partial charge on any atom is 0.418 e. The van der Waals surface area contributed by atoms with Crippen LogP contribution in [0.4, 0.5) is 30.5 Å². The summed E-state index contributed by atoms with van der Waals surface area (Å²) < 4.78 is 40.7. The molecule has 0 atom stereocenters. The Balaban J connectivity index is 1.59. The summed E-state index contributed by atoms with van der Waals surface area (Å²) in [5.74, 6) is -0.401. The van der Waals surface area contributed by atoms with E-state index in [4.69, 9.17) is 0 Å². The number of para-hydroxylation sites is 1. The quantitative estimate of drug-likeness (QED) is 0.597. The van der Waals surface area contributed by atoms with Crippen molar-refractivity contribution in [1.29, 1.82) is 0 Å². The number of halogens is 3. The van der Waals surface area contributed by atoms with Gasteiger partial charge in [-0.15, -0.1) is 0 Å². The van der Waals surface area contributed by atoms with Crippen molar-refractivity contribution < 1.29 is 22.9 Å². The Bertz CT molecular complexity index is 906. The number of aryl methyl sites for hydroxylation is 1. The van der Waals surface area contributed by atoms with Crippen molar-refractivity contribution in [2.45, 2.75) is 6.18 Å². The summed E-state index contributed by atoms with van der Waals surface area (Å²) in [6.45, 7) is 1.63. The van der Waals surface area contributed by atoms with Crippen LogP contribution in [0.5, 0.6) is 0 Å². The van der Waals surface area contributed by atoms with Crippen LogP contribution in [-0.2, 0) is 18.0 Å². The third-order valence-corrected chi connectivity index (χ3v) is 4.61. The SMILES string of the molecule is Cn1cnc([N+](=O)[O-])c1N1CCN(CC(=O)Nc2ccccc2C(F)(F)F)CC1. The molecule has 0 unspecified atom stereocenters. The van der Waals surface area contributed by atoms with Gasteiger partial charge in [0.25, 0.3) is 0 Å². The molecule has 0 spiro atoms. The number of hydrogen-bond donors (Lipinski definition) is 1. The molecule has 1 amide bonds. The van der Waals surface area contributed by atoms with Gasteiger partial charge in [-0.25, -0.2) is 0 Å². The third kappa shape index (κ3) is 4.65. The molecule has 0 bridgehead atoms. The Morgan fingerprint density at radius 1 is 1.24 bits per heavy atom. The third-order valence-electron chi connectivity index (χ3n) is 4.61. The molecule has 29 heavy (non-hydrogen) atoms. The van der Waals surface area contributed by atoms with Crippen LogP contribution in [0.15, 0.2) is 30.6 Å². The van der Waals surface area contributed by atoms with E-state index in [-0.39, 0.29) is 18.1 Å². The van der Waals surface area contributed by atoms with Crippen LogP contribution >= 0.6 is 0 Å². The van der Waals surface area contributed by atoms with E-state index in [0.717, 1.165) is 6.07 Å². The van der Waals surface area contributed by atoms with Crippen LogP contribution in [0.3, 0.4) is 0 Å². The Labute approximate surface area is 163 Å². The molecule has 2 heterocycles. The molecule has 1 aromatic heterocycles. The predicted octanol–water partition coefficient (Wildman–Crippen LogP) is 2.11. The number of imidazole rings is 1. The summed E-state index contributed by atoms with van der Waals surface area (Å²) in [5.41, 5.74) is -1.18. The van der Waals surface area contributed by atoms with Gasteiger partial charge < -0.3 is 20.3 Å². The minimum atomic E-state index is -4.56. The summed E-state index contributed by atoms with van der Waals surface area (Å²) >= 11 is 0. The van der Waals surface area contributed by atoms with Gasteiger partial charge in [-0.05, 0) is 22.0 Å². The summed E-state index contributed by atoms with van der Waals surface area (Å²) in [4.78, 5) is 30.2. The normalized spacial score (nSPS) is 15.4. The minimum absolute atomic E-state index is 0.0759. The Morgan fingerprint density at radius 2 is 1.90 bits per heavy atom. The number of carbonyl (C=O) groups excluding carboxylic acids is 1. The van der Waals surface area contributed by atoms with Crippen LogP contribution in [-0.4, -0.2) is 58.0 Å². The zero-order valence-electron chi connectivity index (χ0n) is 15.5. The number of carbonyl (C=O) groups is 1. The number of piperazine rings is 1. The predicted molar refractivity (Wildman–Crippen MR) is 98.6 cm³/mol. The molecule has 1 N–H and O–H groups in total. The number of alkyl halides is 3. The van der Waals surface area contributed by atoms with Gasteiger partial charge in [0.15, 0.2) is 0 Å². The number of benzene rings is 1. The van der Waals surface area contributed by atoms with Crippen molar-refractivity contribution >= 4 is 23.2 Å². The topological polar surface area (TPSA) is 96.5 Å². The number of nitro groups is 1. The summed E-state index contributed by atoms with van der Waals surface area (Å²) in [5, 5.41) is 13.4. The highest BCUT2D eigenvalue weighted by Crippen LogP contribution is 2.34. The molecule has 0 radical (unpaired) electrons. The molecule has 1 aliphatic rings. The van der Waals surface area contributed by atoms with Crippen LogP contribution in [0.1, 0.15) is 5.56 Å². The number of anilines is 2. The van der Waals surface area contributed by atoms with E-state index in [0.29, 0.717) is 32.0 Å². The van der Waals surface area contributed by atoms with Crippen LogP contribution in [0.2, 0.25) is 0 Å². The van der Waals surface area contributed by atoms with Gasteiger partial charge in [0, 0.05) is 33.2 Å².